The van der Waals surface area contributed by atoms with Crippen LogP contribution in [0.3, 0.4) is 0 Å². The van der Waals surface area contributed by atoms with Gasteiger partial charge in [-0.1, -0.05) is 30.3 Å². The SMILES string of the molecule is O=C(NCCC1CCN(Cc2ccccc2)CC1)N1CCN(c2ncc(C(F)(F)F)cn2)CC1. The van der Waals surface area contributed by atoms with Crippen LogP contribution in [0.5, 0.6) is 0 Å². The van der Waals surface area contributed by atoms with Crippen LogP contribution in [0.2, 0.25) is 0 Å². The summed E-state index contributed by atoms with van der Waals surface area (Å²) in [5, 5.41) is 3.03. The van der Waals surface area contributed by atoms with Gasteiger partial charge in [-0.25, -0.2) is 14.8 Å². The van der Waals surface area contributed by atoms with Gasteiger partial charge in [0.2, 0.25) is 5.95 Å². The lowest BCUT2D eigenvalue weighted by Crippen LogP contribution is -2.52. The summed E-state index contributed by atoms with van der Waals surface area (Å²) in [5.74, 6) is 0.882. The number of alkyl halides is 3. The zero-order valence-corrected chi connectivity index (χ0v) is 19.2. The summed E-state index contributed by atoms with van der Waals surface area (Å²) in [6, 6.07) is 10.4. The maximum absolute atomic E-state index is 12.7. The summed E-state index contributed by atoms with van der Waals surface area (Å²) in [4.78, 5) is 26.2. The Morgan fingerprint density at radius 1 is 0.971 bits per heavy atom. The van der Waals surface area contributed by atoms with Gasteiger partial charge < -0.3 is 15.1 Å². The Hall–Kier alpha value is -2.88. The number of likely N-dealkylation sites (tertiary alicyclic amines) is 1. The van der Waals surface area contributed by atoms with E-state index < -0.39 is 11.7 Å². The standard InChI is InChI=1S/C24H31F3N6O/c25-24(26,27)21-16-29-22(30-17-21)32-12-14-33(15-13-32)23(34)28-9-6-19-7-10-31(11-8-19)18-20-4-2-1-3-5-20/h1-5,16-17,19H,6-15,18H2,(H,28,34). The van der Waals surface area contributed by atoms with E-state index >= 15 is 0 Å². The number of hydrogen-bond acceptors (Lipinski definition) is 5. The van der Waals surface area contributed by atoms with Gasteiger partial charge >= 0.3 is 12.2 Å². The van der Waals surface area contributed by atoms with E-state index in [-0.39, 0.29) is 12.0 Å². The number of carbonyl (C=O) groups excluding carboxylic acids is 1. The summed E-state index contributed by atoms with van der Waals surface area (Å²) in [6.07, 6.45) is 0.420. The molecule has 0 bridgehead atoms. The molecule has 10 heteroatoms. The van der Waals surface area contributed by atoms with Crippen molar-refractivity contribution in [3.05, 3.63) is 53.9 Å². The Morgan fingerprint density at radius 3 is 2.24 bits per heavy atom. The predicted octanol–water partition coefficient (Wildman–Crippen LogP) is 3.63. The summed E-state index contributed by atoms with van der Waals surface area (Å²) in [6.45, 7) is 5.75. The Morgan fingerprint density at radius 2 is 1.62 bits per heavy atom. The largest absolute Gasteiger partial charge is 0.419 e. The molecule has 0 spiro atoms. The lowest BCUT2D eigenvalue weighted by molar-refractivity contribution is -0.138. The van der Waals surface area contributed by atoms with E-state index in [9.17, 15) is 18.0 Å². The molecule has 1 N–H and O–H groups in total. The van der Waals surface area contributed by atoms with Crippen molar-refractivity contribution in [1.82, 2.24) is 25.1 Å². The summed E-state index contributed by atoms with van der Waals surface area (Å²) >= 11 is 0. The number of benzene rings is 1. The second kappa shape index (κ2) is 11.0. The normalized spacial score (nSPS) is 18.2. The molecule has 4 rings (SSSR count). The first-order valence-corrected chi connectivity index (χ1v) is 11.8. The van der Waals surface area contributed by atoms with Gasteiger partial charge in [-0.3, -0.25) is 4.90 Å². The molecule has 2 aromatic rings. The summed E-state index contributed by atoms with van der Waals surface area (Å²) in [5.41, 5.74) is 0.481. The lowest BCUT2D eigenvalue weighted by atomic mass is 9.93. The van der Waals surface area contributed by atoms with Crippen molar-refractivity contribution >= 4 is 12.0 Å². The number of carbonyl (C=O) groups is 1. The maximum atomic E-state index is 12.7. The molecule has 2 amide bonds. The molecule has 2 aliphatic rings. The van der Waals surface area contributed by atoms with E-state index in [0.29, 0.717) is 38.6 Å². The molecule has 0 aliphatic carbocycles. The number of urea groups is 1. The fourth-order valence-electron chi connectivity index (χ4n) is 4.51. The van der Waals surface area contributed by atoms with E-state index in [2.05, 4.69) is 44.5 Å². The molecule has 0 atom stereocenters. The van der Waals surface area contributed by atoms with Crippen molar-refractivity contribution in [2.75, 3.05) is 50.7 Å². The number of aromatic nitrogens is 2. The van der Waals surface area contributed by atoms with E-state index in [1.807, 2.05) is 6.07 Å². The van der Waals surface area contributed by atoms with Crippen LogP contribution in [-0.2, 0) is 12.7 Å². The molecule has 2 fully saturated rings. The number of nitrogens with zero attached hydrogens (tertiary/aromatic N) is 5. The number of anilines is 1. The number of rotatable bonds is 6. The number of amides is 2. The van der Waals surface area contributed by atoms with Gasteiger partial charge in [0.25, 0.3) is 0 Å². The molecule has 34 heavy (non-hydrogen) atoms. The Kier molecular flexibility index (Phi) is 7.87. The quantitative estimate of drug-likeness (QED) is 0.690. The van der Waals surface area contributed by atoms with Gasteiger partial charge in [0, 0.05) is 51.7 Å². The summed E-state index contributed by atoms with van der Waals surface area (Å²) < 4.78 is 38.0. The number of hydrogen-bond donors (Lipinski definition) is 1. The molecule has 7 nitrogen and oxygen atoms in total. The molecule has 2 saturated heterocycles. The molecular formula is C24H31F3N6O. The second-order valence-electron chi connectivity index (χ2n) is 8.97. The van der Waals surface area contributed by atoms with Gasteiger partial charge in [0.1, 0.15) is 0 Å². The van der Waals surface area contributed by atoms with Crippen LogP contribution >= 0.6 is 0 Å². The molecule has 184 valence electrons. The van der Waals surface area contributed by atoms with Crippen LogP contribution in [0.1, 0.15) is 30.4 Å². The topological polar surface area (TPSA) is 64.6 Å². The zero-order chi connectivity index (χ0) is 24.0. The third-order valence-corrected chi connectivity index (χ3v) is 6.60. The summed E-state index contributed by atoms with van der Waals surface area (Å²) in [7, 11) is 0. The van der Waals surface area contributed by atoms with Crippen LogP contribution in [-0.4, -0.2) is 71.6 Å². The first-order chi connectivity index (χ1) is 16.4. The van der Waals surface area contributed by atoms with Gasteiger partial charge in [-0.2, -0.15) is 13.2 Å². The highest BCUT2D eigenvalue weighted by Crippen LogP contribution is 2.28. The number of nitrogens with one attached hydrogen (secondary N) is 1. The van der Waals surface area contributed by atoms with Gasteiger partial charge in [0.15, 0.2) is 0 Å². The second-order valence-corrected chi connectivity index (χ2v) is 8.97. The van der Waals surface area contributed by atoms with Gasteiger partial charge in [0.05, 0.1) is 5.56 Å². The van der Waals surface area contributed by atoms with Crippen LogP contribution < -0.4 is 10.2 Å². The molecular weight excluding hydrogens is 445 g/mol. The van der Waals surface area contributed by atoms with Crippen molar-refractivity contribution in [2.45, 2.75) is 32.0 Å². The van der Waals surface area contributed by atoms with E-state index in [4.69, 9.17) is 0 Å². The minimum Gasteiger partial charge on any atom is -0.338 e. The molecule has 2 aliphatic heterocycles. The molecule has 3 heterocycles. The van der Waals surface area contributed by atoms with Crippen molar-refractivity contribution in [3.63, 3.8) is 0 Å². The highest BCUT2D eigenvalue weighted by atomic mass is 19.4. The number of piperidine rings is 1. The molecule has 1 aromatic carbocycles. The number of halogens is 3. The maximum Gasteiger partial charge on any atom is 0.419 e. The van der Waals surface area contributed by atoms with E-state index in [1.165, 1.54) is 5.56 Å². The Labute approximate surface area is 198 Å². The fraction of sp³-hybridized carbons (Fsp3) is 0.542. The van der Waals surface area contributed by atoms with E-state index in [0.717, 1.165) is 51.3 Å². The highest BCUT2D eigenvalue weighted by Gasteiger charge is 2.32. The molecule has 0 radical (unpaired) electrons. The highest BCUT2D eigenvalue weighted by molar-refractivity contribution is 5.74. The van der Waals surface area contributed by atoms with Gasteiger partial charge in [-0.05, 0) is 43.8 Å². The first-order valence-electron chi connectivity index (χ1n) is 11.8. The van der Waals surface area contributed by atoms with Crippen LogP contribution in [0.15, 0.2) is 42.7 Å². The Balaban J connectivity index is 1.12. The molecule has 0 unspecified atom stereocenters. The molecule has 0 saturated carbocycles. The van der Waals surface area contributed by atoms with Gasteiger partial charge in [-0.15, -0.1) is 0 Å². The third kappa shape index (κ3) is 6.59. The van der Waals surface area contributed by atoms with E-state index in [1.54, 1.807) is 9.80 Å². The van der Waals surface area contributed by atoms with Crippen LogP contribution in [0.4, 0.5) is 23.9 Å². The average molecular weight is 477 g/mol. The van der Waals surface area contributed by atoms with Crippen molar-refractivity contribution < 1.29 is 18.0 Å². The Bertz CT molecular complexity index is 909. The van der Waals surface area contributed by atoms with Crippen molar-refractivity contribution in [3.8, 4) is 0 Å². The van der Waals surface area contributed by atoms with Crippen molar-refractivity contribution in [1.29, 1.82) is 0 Å². The predicted molar refractivity (Wildman–Crippen MR) is 123 cm³/mol. The average Bonchev–Trinajstić information content (AvgIpc) is 2.85. The third-order valence-electron chi connectivity index (χ3n) is 6.60. The van der Waals surface area contributed by atoms with Crippen LogP contribution in [0.25, 0.3) is 0 Å². The molecule has 1 aromatic heterocycles. The first kappa shape index (κ1) is 24.3. The number of piperazine rings is 1. The lowest BCUT2D eigenvalue weighted by Gasteiger charge is -2.35. The minimum atomic E-state index is -4.45. The fourth-order valence-corrected chi connectivity index (χ4v) is 4.51. The smallest absolute Gasteiger partial charge is 0.338 e. The minimum absolute atomic E-state index is 0.0884. The van der Waals surface area contributed by atoms with Crippen molar-refractivity contribution in [2.24, 2.45) is 5.92 Å². The van der Waals surface area contributed by atoms with Crippen LogP contribution in [0, 0.1) is 5.92 Å². The monoisotopic (exact) mass is 476 g/mol. The zero-order valence-electron chi connectivity index (χ0n) is 19.2.